The number of nitrogens with zero attached hydrogens (tertiary/aromatic N) is 1. The number of rotatable bonds is 1. The first-order chi connectivity index (χ1) is 8.14. The van der Waals surface area contributed by atoms with Gasteiger partial charge in [0.05, 0.1) is 12.8 Å². The van der Waals surface area contributed by atoms with Gasteiger partial charge >= 0.3 is 6.69 Å². The molecule has 0 unspecified atom stereocenters. The maximum atomic E-state index is 6.55. The van der Waals surface area contributed by atoms with Crippen LogP contribution in [0, 0.1) is 0 Å². The van der Waals surface area contributed by atoms with Crippen molar-refractivity contribution < 1.29 is 4.74 Å². The first-order valence-corrected chi connectivity index (χ1v) is 9.19. The standard InChI is InChI=1S/C12H9Cl2NOSi/c1-16-8-4-5-10-9(7-8)12-11(17(10,13)14)3-2-6-15-12/h2-7H,1H3. The number of aromatic nitrogens is 1. The van der Waals surface area contributed by atoms with Crippen molar-refractivity contribution in [2.75, 3.05) is 7.11 Å². The Morgan fingerprint density at radius 2 is 2.00 bits per heavy atom. The van der Waals surface area contributed by atoms with Crippen LogP contribution in [0.5, 0.6) is 5.75 Å². The normalized spacial score (nSPS) is 15.2. The predicted octanol–water partition coefficient (Wildman–Crippen LogP) is 2.10. The van der Waals surface area contributed by atoms with Gasteiger partial charge < -0.3 is 4.74 Å². The van der Waals surface area contributed by atoms with Crippen molar-refractivity contribution in [2.24, 2.45) is 0 Å². The lowest BCUT2D eigenvalue weighted by Crippen LogP contribution is -2.44. The van der Waals surface area contributed by atoms with E-state index in [9.17, 15) is 0 Å². The number of pyridine rings is 1. The number of benzene rings is 1. The lowest BCUT2D eigenvalue weighted by molar-refractivity contribution is 0.415. The fraction of sp³-hybridized carbons (Fsp3) is 0.0833. The monoisotopic (exact) mass is 281 g/mol. The van der Waals surface area contributed by atoms with E-state index in [2.05, 4.69) is 4.98 Å². The summed E-state index contributed by atoms with van der Waals surface area (Å²) in [6.07, 6.45) is 1.76. The summed E-state index contributed by atoms with van der Waals surface area (Å²) in [6, 6.07) is 9.61. The molecule has 2 aromatic rings. The molecule has 2 heterocycles. The van der Waals surface area contributed by atoms with E-state index in [-0.39, 0.29) is 0 Å². The summed E-state index contributed by atoms with van der Waals surface area (Å²) < 4.78 is 5.22. The Morgan fingerprint density at radius 3 is 2.76 bits per heavy atom. The highest BCUT2D eigenvalue weighted by atomic mass is 35.7. The second kappa shape index (κ2) is 3.73. The Labute approximate surface area is 110 Å². The Bertz CT molecular complexity index is 601. The van der Waals surface area contributed by atoms with Crippen molar-refractivity contribution >= 4 is 39.2 Å². The molecule has 1 aliphatic heterocycles. The summed E-state index contributed by atoms with van der Waals surface area (Å²) in [5.41, 5.74) is 1.88. The third kappa shape index (κ3) is 1.50. The van der Waals surface area contributed by atoms with Crippen LogP contribution in [0.4, 0.5) is 0 Å². The highest BCUT2D eigenvalue weighted by Gasteiger charge is 2.44. The molecule has 0 bridgehead atoms. The quantitative estimate of drug-likeness (QED) is 0.590. The highest BCUT2D eigenvalue weighted by molar-refractivity contribution is 7.57. The van der Waals surface area contributed by atoms with Crippen LogP contribution in [0.2, 0.25) is 0 Å². The number of halogens is 2. The molecular formula is C12H9Cl2NOSi. The first kappa shape index (κ1) is 11.1. The molecule has 1 aromatic carbocycles. The summed E-state index contributed by atoms with van der Waals surface area (Å²) in [5.74, 6) is 0.792. The van der Waals surface area contributed by atoms with Crippen LogP contribution in [0.15, 0.2) is 36.5 Å². The van der Waals surface area contributed by atoms with Gasteiger partial charge in [-0.15, -0.1) is 22.2 Å². The summed E-state index contributed by atoms with van der Waals surface area (Å²) in [6.45, 7) is -2.59. The molecule has 0 radical (unpaired) electrons. The Kier molecular flexibility index (Phi) is 2.43. The highest BCUT2D eigenvalue weighted by Crippen LogP contribution is 2.32. The van der Waals surface area contributed by atoms with E-state index in [0.29, 0.717) is 0 Å². The molecule has 1 aliphatic rings. The van der Waals surface area contributed by atoms with Crippen LogP contribution in [-0.4, -0.2) is 18.8 Å². The minimum atomic E-state index is -2.59. The Morgan fingerprint density at radius 1 is 1.18 bits per heavy atom. The Balaban J connectivity index is 2.33. The van der Waals surface area contributed by atoms with Crippen LogP contribution in [0.1, 0.15) is 0 Å². The van der Waals surface area contributed by atoms with Gasteiger partial charge in [0.15, 0.2) is 0 Å². The van der Waals surface area contributed by atoms with Crippen molar-refractivity contribution in [2.45, 2.75) is 0 Å². The summed E-state index contributed by atoms with van der Waals surface area (Å²) >= 11 is 13.1. The summed E-state index contributed by atoms with van der Waals surface area (Å²) in [7, 11) is 1.64. The van der Waals surface area contributed by atoms with Gasteiger partial charge in [0, 0.05) is 16.9 Å². The van der Waals surface area contributed by atoms with E-state index in [1.165, 1.54) is 0 Å². The smallest absolute Gasteiger partial charge is 0.313 e. The zero-order chi connectivity index (χ0) is 12.0. The molecule has 0 spiro atoms. The van der Waals surface area contributed by atoms with E-state index in [4.69, 9.17) is 26.9 Å². The minimum Gasteiger partial charge on any atom is -0.497 e. The van der Waals surface area contributed by atoms with Gasteiger partial charge in [-0.2, -0.15) is 0 Å². The average molecular weight is 282 g/mol. The van der Waals surface area contributed by atoms with Gasteiger partial charge in [-0.05, 0) is 23.4 Å². The van der Waals surface area contributed by atoms with Gasteiger partial charge in [-0.1, -0.05) is 12.1 Å². The molecular weight excluding hydrogens is 273 g/mol. The molecule has 0 saturated heterocycles. The maximum Gasteiger partial charge on any atom is 0.313 e. The molecule has 0 aliphatic carbocycles. The molecule has 5 heteroatoms. The second-order valence-electron chi connectivity index (χ2n) is 3.89. The third-order valence-corrected chi connectivity index (χ3v) is 7.60. The second-order valence-corrected chi connectivity index (χ2v) is 10.1. The van der Waals surface area contributed by atoms with Gasteiger partial charge in [0.25, 0.3) is 0 Å². The number of methoxy groups -OCH3 is 1. The average Bonchev–Trinajstić information content (AvgIpc) is 2.59. The molecule has 2 nitrogen and oxygen atoms in total. The van der Waals surface area contributed by atoms with Crippen molar-refractivity contribution in [3.05, 3.63) is 36.5 Å². The predicted molar refractivity (Wildman–Crippen MR) is 73.0 cm³/mol. The number of ether oxygens (including phenoxy) is 1. The first-order valence-electron chi connectivity index (χ1n) is 5.17. The van der Waals surface area contributed by atoms with Gasteiger partial charge in [-0.25, -0.2) is 0 Å². The van der Waals surface area contributed by atoms with Crippen molar-refractivity contribution in [1.82, 2.24) is 4.98 Å². The topological polar surface area (TPSA) is 22.1 Å². The van der Waals surface area contributed by atoms with Crippen LogP contribution in [-0.2, 0) is 0 Å². The van der Waals surface area contributed by atoms with Gasteiger partial charge in [0.2, 0.25) is 0 Å². The molecule has 0 atom stereocenters. The maximum absolute atomic E-state index is 6.55. The number of hydrogen-bond acceptors (Lipinski definition) is 2. The van der Waals surface area contributed by atoms with E-state index in [1.54, 1.807) is 13.3 Å². The summed E-state index contributed by atoms with van der Waals surface area (Å²) in [4.78, 5) is 4.38. The SMILES string of the molecule is COc1ccc2c(c1)-c1ncccc1[Si]2(Cl)Cl. The number of hydrogen-bond donors (Lipinski definition) is 0. The van der Waals surface area contributed by atoms with Gasteiger partial charge in [-0.3, -0.25) is 4.98 Å². The largest absolute Gasteiger partial charge is 0.497 e. The van der Waals surface area contributed by atoms with Crippen LogP contribution in [0.3, 0.4) is 0 Å². The lowest BCUT2D eigenvalue weighted by atomic mass is 10.1. The van der Waals surface area contributed by atoms with Crippen LogP contribution in [0.25, 0.3) is 11.3 Å². The third-order valence-electron chi connectivity index (χ3n) is 2.97. The van der Waals surface area contributed by atoms with Gasteiger partial charge in [0.1, 0.15) is 5.75 Å². The molecule has 1 aromatic heterocycles. The number of fused-ring (bicyclic) bond motifs is 3. The molecule has 0 N–H and O–H groups in total. The zero-order valence-electron chi connectivity index (χ0n) is 9.08. The van der Waals surface area contributed by atoms with E-state index < -0.39 is 6.69 Å². The van der Waals surface area contributed by atoms with E-state index in [0.717, 1.165) is 27.4 Å². The molecule has 0 amide bonds. The molecule has 0 fully saturated rings. The molecule has 17 heavy (non-hydrogen) atoms. The fourth-order valence-electron chi connectivity index (χ4n) is 2.14. The minimum absolute atomic E-state index is 0.792. The van der Waals surface area contributed by atoms with Crippen molar-refractivity contribution in [1.29, 1.82) is 0 Å². The lowest BCUT2D eigenvalue weighted by Gasteiger charge is -2.11. The molecule has 0 saturated carbocycles. The van der Waals surface area contributed by atoms with Crippen molar-refractivity contribution in [3.8, 4) is 17.0 Å². The van der Waals surface area contributed by atoms with Crippen LogP contribution < -0.4 is 15.1 Å². The van der Waals surface area contributed by atoms with Crippen molar-refractivity contribution in [3.63, 3.8) is 0 Å². The van der Waals surface area contributed by atoms with Crippen LogP contribution >= 0.6 is 22.2 Å². The fourth-order valence-corrected chi connectivity index (χ4v) is 5.96. The molecule has 3 rings (SSSR count). The summed E-state index contributed by atoms with van der Waals surface area (Å²) in [5, 5.41) is 1.96. The Hall–Kier alpha value is -1.03. The molecule has 86 valence electrons. The van der Waals surface area contributed by atoms with E-state index in [1.807, 2.05) is 30.3 Å². The zero-order valence-corrected chi connectivity index (χ0v) is 11.6. The van der Waals surface area contributed by atoms with E-state index >= 15 is 0 Å².